The van der Waals surface area contributed by atoms with Crippen molar-refractivity contribution in [2.45, 2.75) is 75.9 Å². The second kappa shape index (κ2) is 22.6. The van der Waals surface area contributed by atoms with Gasteiger partial charge in [0.15, 0.2) is 0 Å². The fourth-order valence-corrected chi connectivity index (χ4v) is 12.8. The topological polar surface area (TPSA) is 401 Å². The van der Waals surface area contributed by atoms with Gasteiger partial charge in [0, 0.05) is 91.2 Å². The molecule has 422 valence electrons. The third-order valence-corrected chi connectivity index (χ3v) is 18.3. The van der Waals surface area contributed by atoms with Crippen LogP contribution in [0.1, 0.15) is 97.1 Å². The fourth-order valence-electron chi connectivity index (χ4n) is 10.4. The van der Waals surface area contributed by atoms with E-state index in [9.17, 15) is 39.6 Å². The van der Waals surface area contributed by atoms with Gasteiger partial charge in [-0.3, -0.25) is 19.5 Å². The molecule has 28 nitrogen and oxygen atoms in total. The lowest BCUT2D eigenvalue weighted by molar-refractivity contribution is -0.139. The Morgan fingerprint density at radius 1 is 0.570 bits per heavy atom. The number of anilines is 6. The second-order valence-corrected chi connectivity index (χ2v) is 25.6. The molecule has 3 atom stereocenters. The molecule has 0 spiro atoms. The van der Waals surface area contributed by atoms with Crippen LogP contribution in [0, 0.1) is 0 Å². The number of rotatable bonds is 6. The first-order chi connectivity index (χ1) is 37.5. The summed E-state index contributed by atoms with van der Waals surface area (Å²) in [5, 5.41) is 33.6. The standard InChI is InChI=1S/2C16H20N6O3S.C9H10N2O2.C7H12N4O2S/c1-26(24,25)21-8-5-12-13(9-21)22(20-14(12)17)16(23)11-4-7-19-15-10(11)3-2-6-18-15;1-26(24,25)21-8-5-12-13(9-21)20-22(14(12)17)16(23)11-4-7-19-15-10(11)3-2-6-18-15;12-9(13)7-3-5-11-8-6(7)2-1-4-10-8;1-14(12,13)11-3-2-5-6(4-11)9-10-7(5)8/h2-3,6,11H,4-5,7-9H2,1H3,(H2,17,20)(H,18,19);2-3,6,11H,4-5,7-9,17H2,1H3,(H,18,19);1-2,4,7H,3,5H2,(H,10,11)(H,12,13);2-4H2,1H3,(H3,8,9,10). The van der Waals surface area contributed by atoms with Gasteiger partial charge >= 0.3 is 5.97 Å². The van der Waals surface area contributed by atoms with Crippen LogP contribution in [0.2, 0.25) is 0 Å². The van der Waals surface area contributed by atoms with Crippen molar-refractivity contribution in [3.8, 4) is 0 Å². The van der Waals surface area contributed by atoms with Crippen molar-refractivity contribution in [1.29, 1.82) is 0 Å². The molecule has 0 fully saturated rings. The molecule has 6 aromatic heterocycles. The van der Waals surface area contributed by atoms with E-state index in [4.69, 9.17) is 22.3 Å². The minimum atomic E-state index is -3.36. The van der Waals surface area contributed by atoms with Crippen LogP contribution in [-0.4, -0.2) is 164 Å². The van der Waals surface area contributed by atoms with Gasteiger partial charge in [0.1, 0.15) is 34.9 Å². The molecule has 0 bridgehead atoms. The number of pyridine rings is 3. The molecule has 0 radical (unpaired) electrons. The van der Waals surface area contributed by atoms with Crippen LogP contribution in [0.25, 0.3) is 0 Å². The summed E-state index contributed by atoms with van der Waals surface area (Å²) < 4.78 is 76.6. The zero-order chi connectivity index (χ0) is 56.6. The Balaban J connectivity index is 0.000000134. The molecule has 6 aliphatic rings. The number of nitrogens with zero attached hydrogens (tertiary/aromatic N) is 11. The molecule has 79 heavy (non-hydrogen) atoms. The van der Waals surface area contributed by atoms with Gasteiger partial charge in [-0.05, 0) is 56.7 Å². The normalized spacial score (nSPS) is 19.8. The predicted molar refractivity (Wildman–Crippen MR) is 292 cm³/mol. The Morgan fingerprint density at radius 3 is 1.52 bits per heavy atom. The maximum absolute atomic E-state index is 13.2. The van der Waals surface area contributed by atoms with Gasteiger partial charge in [-0.15, -0.1) is 5.10 Å². The van der Waals surface area contributed by atoms with Crippen molar-refractivity contribution in [3.63, 3.8) is 0 Å². The van der Waals surface area contributed by atoms with Gasteiger partial charge in [-0.25, -0.2) is 44.9 Å². The van der Waals surface area contributed by atoms with Crippen molar-refractivity contribution >= 4 is 82.8 Å². The maximum atomic E-state index is 13.2. The fraction of sp³-hybridized carbons (Fsp3) is 0.438. The summed E-state index contributed by atoms with van der Waals surface area (Å²) in [7, 11) is -9.78. The number of aromatic nitrogens is 9. The smallest absolute Gasteiger partial charge is 0.311 e. The predicted octanol–water partition coefficient (Wildman–Crippen LogP) is 1.21. The van der Waals surface area contributed by atoms with E-state index < -0.39 is 47.9 Å². The van der Waals surface area contributed by atoms with Crippen LogP contribution in [-0.2, 0) is 73.8 Å². The Hall–Kier alpha value is -7.58. The third-order valence-electron chi connectivity index (χ3n) is 14.6. The molecule has 0 saturated carbocycles. The lowest BCUT2D eigenvalue weighted by atomic mass is 9.92. The van der Waals surface area contributed by atoms with Gasteiger partial charge in [-0.1, -0.05) is 18.2 Å². The largest absolute Gasteiger partial charge is 0.481 e. The van der Waals surface area contributed by atoms with Crippen molar-refractivity contribution in [2.24, 2.45) is 0 Å². The number of aromatic amines is 1. The molecule has 0 aliphatic carbocycles. The van der Waals surface area contributed by atoms with E-state index in [1.165, 1.54) is 41.0 Å². The highest BCUT2D eigenvalue weighted by Crippen LogP contribution is 2.36. The molecule has 31 heteroatoms. The van der Waals surface area contributed by atoms with Crippen LogP contribution >= 0.6 is 0 Å². The van der Waals surface area contributed by atoms with E-state index in [2.05, 4.69) is 51.3 Å². The van der Waals surface area contributed by atoms with Crippen molar-refractivity contribution < 1.29 is 44.7 Å². The molecule has 0 saturated heterocycles. The van der Waals surface area contributed by atoms with Crippen LogP contribution in [0.4, 0.5) is 34.9 Å². The summed E-state index contributed by atoms with van der Waals surface area (Å²) in [4.78, 5) is 49.8. The van der Waals surface area contributed by atoms with Crippen molar-refractivity contribution in [1.82, 2.24) is 57.6 Å². The summed E-state index contributed by atoms with van der Waals surface area (Å²) in [5.74, 6) is 0.841. The SMILES string of the molecule is CS(=O)(=O)N1CCc2c(N)n[nH]c2C1.CS(=O)(=O)N1CCc2c(N)nn(C(=O)C3CCNc4ncccc43)c2C1.CS(=O)(=O)N1CCc2c(nn(C(=O)C3CCNc4ncccc43)c2N)C1.O=C(O)C1CCNc2ncccc21. The molecule has 12 heterocycles. The zero-order valence-corrected chi connectivity index (χ0v) is 46.0. The van der Waals surface area contributed by atoms with Gasteiger partial charge in [0.2, 0.25) is 30.1 Å². The Labute approximate surface area is 455 Å². The first-order valence-corrected chi connectivity index (χ1v) is 30.8. The highest BCUT2D eigenvalue weighted by molar-refractivity contribution is 7.88. The van der Waals surface area contributed by atoms with Gasteiger partial charge in [-0.2, -0.15) is 27.8 Å². The Kier molecular flexibility index (Phi) is 16.1. The van der Waals surface area contributed by atoms with E-state index in [0.29, 0.717) is 131 Å². The highest BCUT2D eigenvalue weighted by atomic mass is 32.2. The number of hydrogen-bond donors (Lipinski definition) is 8. The minimum absolute atomic E-state index is 0.106. The first kappa shape index (κ1) is 56.2. The summed E-state index contributed by atoms with van der Waals surface area (Å²) in [5.41, 5.74) is 24.6. The van der Waals surface area contributed by atoms with Crippen LogP contribution in [0.5, 0.6) is 0 Å². The van der Waals surface area contributed by atoms with Crippen molar-refractivity contribution in [3.05, 3.63) is 105 Å². The van der Waals surface area contributed by atoms with Crippen LogP contribution in [0.15, 0.2) is 55.0 Å². The average molecular weight is 1150 g/mol. The number of aliphatic carboxylic acids is 1. The van der Waals surface area contributed by atoms with E-state index in [0.717, 1.165) is 39.1 Å². The summed E-state index contributed by atoms with van der Waals surface area (Å²) in [6.07, 6.45) is 12.0. The monoisotopic (exact) mass is 1150 g/mol. The van der Waals surface area contributed by atoms with E-state index in [1.807, 2.05) is 18.2 Å². The molecular weight excluding hydrogens is 1080 g/mol. The molecule has 0 aromatic carbocycles. The van der Waals surface area contributed by atoms with Crippen LogP contribution in [0.3, 0.4) is 0 Å². The lowest BCUT2D eigenvalue weighted by Gasteiger charge is -2.27. The Bertz CT molecular complexity index is 3660. The number of nitrogen functional groups attached to an aromatic ring is 3. The number of H-pyrrole nitrogens is 1. The number of carbonyl (C=O) groups excluding carboxylic acids is 2. The van der Waals surface area contributed by atoms with Crippen molar-refractivity contribution in [2.75, 3.05) is 91.2 Å². The average Bonchev–Trinajstić information content (AvgIpc) is 4.19. The number of fused-ring (bicyclic) bond motifs is 6. The Morgan fingerprint density at radius 2 is 1.01 bits per heavy atom. The number of carboxylic acid groups (broad SMARTS) is 1. The summed E-state index contributed by atoms with van der Waals surface area (Å²) >= 11 is 0. The number of hydrogen-bond acceptors (Lipinski definition) is 21. The van der Waals surface area contributed by atoms with E-state index >= 15 is 0 Å². The number of carboxylic acids is 1. The number of carbonyl (C=O) groups is 3. The number of nitrogens with one attached hydrogen (secondary N) is 4. The first-order valence-electron chi connectivity index (χ1n) is 25.3. The summed E-state index contributed by atoms with van der Waals surface area (Å²) in [6, 6.07) is 10.9. The molecule has 6 aromatic rings. The highest BCUT2D eigenvalue weighted by Gasteiger charge is 2.37. The molecular formula is C48H62N18O10S3. The molecule has 3 unspecified atom stereocenters. The zero-order valence-electron chi connectivity index (χ0n) is 43.5. The maximum Gasteiger partial charge on any atom is 0.311 e. The van der Waals surface area contributed by atoms with E-state index in [1.54, 1.807) is 36.8 Å². The van der Waals surface area contributed by atoms with Gasteiger partial charge in [0.25, 0.3) is 11.8 Å². The van der Waals surface area contributed by atoms with Gasteiger partial charge < -0.3 is 38.3 Å². The second-order valence-electron chi connectivity index (χ2n) is 19.7. The molecule has 11 N–H and O–H groups in total. The number of nitrogens with two attached hydrogens (primary N) is 3. The lowest BCUT2D eigenvalue weighted by Crippen LogP contribution is -2.37. The third kappa shape index (κ3) is 12.0. The van der Waals surface area contributed by atoms with Gasteiger partial charge in [0.05, 0.1) is 73.2 Å². The molecule has 12 rings (SSSR count). The quantitative estimate of drug-likeness (QED) is 0.116. The molecule has 6 aliphatic heterocycles. The molecule has 0 amide bonds. The van der Waals surface area contributed by atoms with E-state index in [-0.39, 0.29) is 30.8 Å². The summed E-state index contributed by atoms with van der Waals surface area (Å²) in [6.45, 7) is 3.72. The minimum Gasteiger partial charge on any atom is -0.481 e. The van der Waals surface area contributed by atoms with Crippen LogP contribution < -0.4 is 33.2 Å². The number of sulfonamides is 3.